The molecule has 3 N–H and O–H groups in total. The van der Waals surface area contributed by atoms with E-state index in [0.717, 1.165) is 0 Å². The molecular formula is C6H14N2O2Si. The number of nitrogens with two attached hydrogens (primary N) is 1. The van der Waals surface area contributed by atoms with E-state index in [2.05, 4.69) is 0 Å². The average molecular weight is 174 g/mol. The van der Waals surface area contributed by atoms with Crippen LogP contribution in [0.3, 0.4) is 0 Å². The van der Waals surface area contributed by atoms with Crippen LogP contribution in [0.25, 0.3) is 0 Å². The van der Waals surface area contributed by atoms with Gasteiger partial charge >= 0.3 is 6.03 Å². The molecule has 0 heterocycles. The second-order valence-corrected chi connectivity index (χ2v) is 9.12. The van der Waals surface area contributed by atoms with E-state index in [9.17, 15) is 9.59 Å². The minimum atomic E-state index is -1.41. The van der Waals surface area contributed by atoms with Gasteiger partial charge in [0.15, 0.2) is 0 Å². The third-order valence-corrected chi connectivity index (χ3v) is 2.34. The number of rotatable bonds is 2. The molecule has 0 rings (SSSR count). The van der Waals surface area contributed by atoms with E-state index in [1.54, 1.807) is 0 Å². The van der Waals surface area contributed by atoms with Crippen LogP contribution in [0.4, 0.5) is 4.79 Å². The number of primary amides is 1. The van der Waals surface area contributed by atoms with Crippen molar-refractivity contribution < 1.29 is 9.59 Å². The van der Waals surface area contributed by atoms with Crippen molar-refractivity contribution in [3.63, 3.8) is 0 Å². The minimum Gasteiger partial charge on any atom is -0.351 e. The van der Waals surface area contributed by atoms with Gasteiger partial charge < -0.3 is 5.73 Å². The summed E-state index contributed by atoms with van der Waals surface area (Å²) in [6.45, 7) is 6.15. The van der Waals surface area contributed by atoms with Crippen LogP contribution in [0.5, 0.6) is 0 Å². The number of imide groups is 1. The van der Waals surface area contributed by atoms with E-state index in [4.69, 9.17) is 5.73 Å². The van der Waals surface area contributed by atoms with Gasteiger partial charge in [0.25, 0.3) is 0 Å². The zero-order chi connectivity index (χ0) is 9.07. The van der Waals surface area contributed by atoms with Crippen molar-refractivity contribution in [3.05, 3.63) is 0 Å². The third-order valence-electron chi connectivity index (χ3n) is 0.954. The summed E-state index contributed by atoms with van der Waals surface area (Å²) in [6, 6.07) is -0.330. The van der Waals surface area contributed by atoms with Gasteiger partial charge in [-0.05, 0) is 0 Å². The van der Waals surface area contributed by atoms with Crippen molar-refractivity contribution in [2.45, 2.75) is 25.7 Å². The fraction of sp³-hybridized carbons (Fsp3) is 0.667. The van der Waals surface area contributed by atoms with Gasteiger partial charge in [-0.1, -0.05) is 19.6 Å². The number of urea groups is 1. The van der Waals surface area contributed by atoms with Crippen LogP contribution in [0.15, 0.2) is 0 Å². The Morgan fingerprint density at radius 2 is 1.82 bits per heavy atom. The molecule has 0 radical (unpaired) electrons. The van der Waals surface area contributed by atoms with E-state index in [1.807, 2.05) is 25.0 Å². The van der Waals surface area contributed by atoms with E-state index >= 15 is 0 Å². The molecule has 4 nitrogen and oxygen atoms in total. The lowest BCUT2D eigenvalue weighted by molar-refractivity contribution is -0.117. The van der Waals surface area contributed by atoms with Crippen LogP contribution in [0.1, 0.15) is 0 Å². The van der Waals surface area contributed by atoms with E-state index < -0.39 is 14.1 Å². The summed E-state index contributed by atoms with van der Waals surface area (Å²) in [6.07, 6.45) is 0. The van der Waals surface area contributed by atoms with Gasteiger partial charge in [0.2, 0.25) is 5.91 Å². The smallest absolute Gasteiger partial charge is 0.318 e. The maximum absolute atomic E-state index is 10.9. The van der Waals surface area contributed by atoms with Crippen molar-refractivity contribution in [1.82, 2.24) is 5.32 Å². The highest BCUT2D eigenvalue weighted by atomic mass is 28.3. The van der Waals surface area contributed by atoms with E-state index in [-0.39, 0.29) is 5.91 Å². The molecule has 0 aromatic carbocycles. The first-order chi connectivity index (χ1) is 4.81. The Labute approximate surface area is 67.2 Å². The number of hydrogen-bond acceptors (Lipinski definition) is 2. The largest absolute Gasteiger partial charge is 0.351 e. The molecule has 0 unspecified atom stereocenters. The highest BCUT2D eigenvalue weighted by Crippen LogP contribution is 2.06. The molecule has 0 aliphatic carbocycles. The second-order valence-electron chi connectivity index (χ2n) is 3.65. The Morgan fingerprint density at radius 1 is 1.36 bits per heavy atom. The maximum atomic E-state index is 10.9. The maximum Gasteiger partial charge on any atom is 0.318 e. The van der Waals surface area contributed by atoms with Gasteiger partial charge in [0.1, 0.15) is 0 Å². The van der Waals surface area contributed by atoms with Crippen LogP contribution >= 0.6 is 0 Å². The normalized spacial score (nSPS) is 10.8. The molecule has 0 saturated heterocycles. The molecule has 0 aromatic rings. The summed E-state index contributed by atoms with van der Waals surface area (Å²) >= 11 is 0. The lowest BCUT2D eigenvalue weighted by atomic mass is 10.7. The summed E-state index contributed by atoms with van der Waals surface area (Å²) in [7, 11) is -1.41. The molecule has 0 fully saturated rings. The van der Waals surface area contributed by atoms with E-state index in [0.29, 0.717) is 6.04 Å². The van der Waals surface area contributed by atoms with Crippen molar-refractivity contribution in [2.24, 2.45) is 5.73 Å². The van der Waals surface area contributed by atoms with Crippen LogP contribution < -0.4 is 11.1 Å². The molecule has 0 aromatic heterocycles. The highest BCUT2D eigenvalue weighted by molar-refractivity contribution is 6.78. The molecule has 0 atom stereocenters. The first-order valence-corrected chi connectivity index (χ1v) is 7.11. The first-order valence-electron chi connectivity index (χ1n) is 3.40. The summed E-state index contributed by atoms with van der Waals surface area (Å²) in [5, 5.41) is 2.03. The van der Waals surface area contributed by atoms with Gasteiger partial charge in [0.05, 0.1) is 8.07 Å². The zero-order valence-corrected chi connectivity index (χ0v) is 8.10. The fourth-order valence-electron chi connectivity index (χ4n) is 0.663. The standard InChI is InChI=1S/C6H14N2O2Si/c1-11(2,3)4-5(9)8-6(7)10/h4H2,1-3H3,(H3,7,8,9,10). The van der Waals surface area contributed by atoms with Gasteiger partial charge in [0, 0.05) is 6.04 Å². The monoisotopic (exact) mass is 174 g/mol. The molecule has 3 amide bonds. The van der Waals surface area contributed by atoms with Crippen LogP contribution in [-0.4, -0.2) is 20.0 Å². The number of amides is 3. The molecule has 0 saturated carbocycles. The topological polar surface area (TPSA) is 72.2 Å². The third kappa shape index (κ3) is 7.05. The quantitative estimate of drug-likeness (QED) is 0.599. The second kappa shape index (κ2) is 3.52. The Hall–Kier alpha value is -0.843. The molecule has 5 heteroatoms. The van der Waals surface area contributed by atoms with Crippen molar-refractivity contribution in [2.75, 3.05) is 0 Å². The summed E-state index contributed by atoms with van der Waals surface area (Å²) in [5.74, 6) is -0.267. The molecule has 11 heavy (non-hydrogen) atoms. The summed E-state index contributed by atoms with van der Waals surface area (Å²) in [5.41, 5.74) is 4.76. The summed E-state index contributed by atoms with van der Waals surface area (Å²) in [4.78, 5) is 21.1. The number of nitrogens with one attached hydrogen (secondary N) is 1. The molecule has 64 valence electrons. The van der Waals surface area contributed by atoms with Gasteiger partial charge in [-0.3, -0.25) is 10.1 Å². The minimum absolute atomic E-state index is 0.267. The Bertz CT molecular complexity index is 174. The SMILES string of the molecule is C[Si](C)(C)CC(=O)NC(N)=O. The molecule has 0 spiro atoms. The highest BCUT2D eigenvalue weighted by Gasteiger charge is 2.18. The number of hydrogen-bond donors (Lipinski definition) is 2. The lowest BCUT2D eigenvalue weighted by Crippen LogP contribution is -2.38. The van der Waals surface area contributed by atoms with Gasteiger partial charge in [-0.2, -0.15) is 0 Å². The molecule has 0 bridgehead atoms. The first kappa shape index (κ1) is 10.2. The van der Waals surface area contributed by atoms with Crippen molar-refractivity contribution in [1.29, 1.82) is 0 Å². The van der Waals surface area contributed by atoms with Crippen LogP contribution in [0.2, 0.25) is 25.7 Å². The van der Waals surface area contributed by atoms with Crippen LogP contribution in [-0.2, 0) is 4.79 Å². The van der Waals surface area contributed by atoms with Gasteiger partial charge in [-0.15, -0.1) is 0 Å². The van der Waals surface area contributed by atoms with Crippen molar-refractivity contribution >= 4 is 20.0 Å². The van der Waals surface area contributed by atoms with Crippen molar-refractivity contribution in [3.8, 4) is 0 Å². The summed E-state index contributed by atoms with van der Waals surface area (Å²) < 4.78 is 0. The van der Waals surface area contributed by atoms with Crippen LogP contribution in [0, 0.1) is 0 Å². The fourth-order valence-corrected chi connectivity index (χ4v) is 1.72. The lowest BCUT2D eigenvalue weighted by Gasteiger charge is -2.13. The number of carbonyl (C=O) groups is 2. The Balaban J connectivity index is 3.80. The molecular weight excluding hydrogens is 160 g/mol. The Kier molecular flexibility index (Phi) is 3.25. The number of carbonyl (C=O) groups excluding carboxylic acids is 2. The van der Waals surface area contributed by atoms with E-state index in [1.165, 1.54) is 0 Å². The van der Waals surface area contributed by atoms with Gasteiger partial charge in [-0.25, -0.2) is 4.79 Å². The Morgan fingerprint density at radius 3 is 2.09 bits per heavy atom. The predicted octanol–water partition coefficient (Wildman–Crippen LogP) is 0.520. The zero-order valence-electron chi connectivity index (χ0n) is 7.10. The molecule has 0 aliphatic rings. The molecule has 0 aliphatic heterocycles. The average Bonchev–Trinajstić information content (AvgIpc) is 1.53. The predicted molar refractivity (Wildman–Crippen MR) is 45.9 cm³/mol.